The van der Waals surface area contributed by atoms with Crippen LogP contribution >= 0.6 is 0 Å². The van der Waals surface area contributed by atoms with Crippen molar-refractivity contribution < 1.29 is 50.8 Å². The molecule has 7 atom stereocenters. The molecule has 0 radical (unpaired) electrons. The van der Waals surface area contributed by atoms with Gasteiger partial charge < -0.3 is 35.6 Å². The van der Waals surface area contributed by atoms with Crippen LogP contribution in [0.5, 0.6) is 0 Å². The predicted molar refractivity (Wildman–Crippen MR) is 246 cm³/mol. The topological polar surface area (TPSA) is 189 Å². The lowest BCUT2D eigenvalue weighted by Crippen LogP contribution is -2.54. The van der Waals surface area contributed by atoms with E-state index in [1.807, 2.05) is 71.9 Å². The second-order valence-electron chi connectivity index (χ2n) is 15.8. The monoisotopic (exact) mass is 929 g/mol. The molecule has 0 spiro atoms. The highest BCUT2D eigenvalue weighted by molar-refractivity contribution is 7.83. The number of nitrogens with two attached hydrogens (primary N) is 1. The van der Waals surface area contributed by atoms with Crippen LogP contribution in [0.2, 0.25) is 0 Å². The molecule has 2 aromatic carbocycles. The van der Waals surface area contributed by atoms with Crippen LogP contribution in [-0.4, -0.2) is 115 Å². The van der Waals surface area contributed by atoms with Crippen LogP contribution in [0.15, 0.2) is 59.5 Å². The number of alkyl halides is 3. The lowest BCUT2D eigenvalue weighted by Gasteiger charge is -2.39. The number of benzene rings is 2. The van der Waals surface area contributed by atoms with E-state index in [0.717, 1.165) is 17.7 Å². The van der Waals surface area contributed by atoms with E-state index in [2.05, 4.69) is 29.6 Å². The third-order valence-electron chi connectivity index (χ3n) is 10.7. The summed E-state index contributed by atoms with van der Waals surface area (Å²) in [6.07, 6.45) is -3.36. The Morgan fingerprint density at radius 1 is 0.938 bits per heavy atom. The summed E-state index contributed by atoms with van der Waals surface area (Å²) in [4.78, 5) is 68.3. The summed E-state index contributed by atoms with van der Waals surface area (Å²) < 4.78 is 64.8. The number of likely N-dealkylation sites (N-methyl/N-ethyl adjacent to an activating group) is 1. The van der Waals surface area contributed by atoms with E-state index in [0.29, 0.717) is 25.8 Å². The molecule has 1 aliphatic heterocycles. The minimum atomic E-state index is -5.08. The predicted octanol–water partition coefficient (Wildman–Crippen LogP) is 6.75. The molecular weight excluding hydrogens is 854 g/mol. The van der Waals surface area contributed by atoms with E-state index in [-0.39, 0.29) is 53.6 Å². The first-order chi connectivity index (χ1) is 30.2. The van der Waals surface area contributed by atoms with Crippen molar-refractivity contribution in [3.8, 4) is 0 Å². The number of halogens is 3. The molecule has 3 rings (SSSR count). The third-order valence-corrected chi connectivity index (χ3v) is 11.8. The molecule has 0 saturated carbocycles. The standard InChI is InChI=1S/C40H56F3N5O8S.C3H8.C2H6.CH5N/c1-9-25(2)35(47(6)34(51)24-44-32(49)23-39(4,5)27-14-11-10-12-15-27)31(55-7)22-33(50)48-21-13-16-30(48)36(56-8)26(3)37(52)46-57(54)29-19-17-28(18-20-29)45-38(53)40(41,42)43;1-3-2;2*1-2/h10-12,14-15,17-20,25-26,30-31,35-36H,9,13,16,21-24H2,1-8H3,(H,44,49)(H,45,53)(H,46,52);3H2,1-2H3;1-2H3;2H2,1H3. The van der Waals surface area contributed by atoms with Gasteiger partial charge in [0.05, 0.1) is 48.1 Å². The van der Waals surface area contributed by atoms with Gasteiger partial charge in [-0.1, -0.05) is 105 Å². The molecule has 364 valence electrons. The Bertz CT molecular complexity index is 1740. The van der Waals surface area contributed by atoms with Crippen molar-refractivity contribution in [2.45, 2.75) is 142 Å². The molecule has 18 heteroatoms. The van der Waals surface area contributed by atoms with Gasteiger partial charge in [-0.05, 0) is 61.1 Å². The van der Waals surface area contributed by atoms with Crippen LogP contribution in [0.3, 0.4) is 0 Å². The smallest absolute Gasteiger partial charge is 0.379 e. The van der Waals surface area contributed by atoms with E-state index in [9.17, 15) is 41.4 Å². The van der Waals surface area contributed by atoms with Crippen molar-refractivity contribution in [2.75, 3.05) is 46.7 Å². The molecule has 64 heavy (non-hydrogen) atoms. The lowest BCUT2D eigenvalue weighted by atomic mass is 9.81. The summed E-state index contributed by atoms with van der Waals surface area (Å²) in [6.45, 7) is 17.9. The van der Waals surface area contributed by atoms with E-state index in [1.165, 1.54) is 44.7 Å². The zero-order valence-corrected chi connectivity index (χ0v) is 40.9. The van der Waals surface area contributed by atoms with Gasteiger partial charge in [0, 0.05) is 39.9 Å². The van der Waals surface area contributed by atoms with E-state index >= 15 is 0 Å². The van der Waals surface area contributed by atoms with Crippen molar-refractivity contribution in [1.82, 2.24) is 19.8 Å². The molecule has 0 bridgehead atoms. The summed E-state index contributed by atoms with van der Waals surface area (Å²) >= 11 is 0. The molecule has 1 saturated heterocycles. The molecule has 1 aliphatic rings. The largest absolute Gasteiger partial charge is 0.471 e. The van der Waals surface area contributed by atoms with Gasteiger partial charge >= 0.3 is 12.1 Å². The van der Waals surface area contributed by atoms with Crippen LogP contribution in [0.25, 0.3) is 0 Å². The zero-order valence-electron chi connectivity index (χ0n) is 40.1. The number of carbonyl (C=O) groups excluding carboxylic acids is 5. The SMILES string of the molecule is CC.CCC.CCC(C)C(C(CC(=O)N1CCCC1C(OC)C(C)C(=O)NS(=O)c1ccc(NC(=O)C(F)(F)F)cc1)OC)N(C)C(=O)CNC(=O)CC(C)(C)c1ccccc1.CN. The quantitative estimate of drug-likeness (QED) is 0.118. The Morgan fingerprint density at radius 2 is 1.50 bits per heavy atom. The van der Waals surface area contributed by atoms with Crippen LogP contribution in [0.1, 0.15) is 106 Å². The van der Waals surface area contributed by atoms with Gasteiger partial charge in [-0.2, -0.15) is 13.2 Å². The second kappa shape index (κ2) is 29.9. The Morgan fingerprint density at radius 3 is 2.00 bits per heavy atom. The van der Waals surface area contributed by atoms with Gasteiger partial charge in [-0.25, -0.2) is 4.21 Å². The number of carbonyl (C=O) groups is 5. The summed E-state index contributed by atoms with van der Waals surface area (Å²) in [7, 11) is 3.94. The summed E-state index contributed by atoms with van der Waals surface area (Å²) in [6, 6.07) is 13.3. The number of amides is 5. The normalized spacial score (nSPS) is 16.3. The van der Waals surface area contributed by atoms with Gasteiger partial charge in [0.15, 0.2) is 11.0 Å². The number of nitrogens with one attached hydrogen (secondary N) is 3. The first-order valence-electron chi connectivity index (χ1n) is 21.9. The van der Waals surface area contributed by atoms with E-state index in [1.54, 1.807) is 24.2 Å². The molecule has 14 nitrogen and oxygen atoms in total. The zero-order chi connectivity index (χ0) is 49.4. The first-order valence-corrected chi connectivity index (χ1v) is 23.0. The molecule has 5 amide bonds. The molecule has 1 fully saturated rings. The Kier molecular flexibility index (Phi) is 27.9. The van der Waals surface area contributed by atoms with E-state index in [4.69, 9.17) is 9.47 Å². The van der Waals surface area contributed by atoms with Gasteiger partial charge in [0.25, 0.3) is 0 Å². The maximum atomic E-state index is 14.0. The number of hydrogen-bond acceptors (Lipinski definition) is 9. The fraction of sp³-hybridized carbons (Fsp3) is 0.630. The summed E-state index contributed by atoms with van der Waals surface area (Å²) in [5, 5.41) is 4.46. The molecule has 5 N–H and O–H groups in total. The van der Waals surface area contributed by atoms with Gasteiger partial charge in [-0.3, -0.25) is 28.7 Å². The average molecular weight is 929 g/mol. The molecule has 0 aromatic heterocycles. The molecule has 7 unspecified atom stereocenters. The Labute approximate surface area is 381 Å². The molecule has 0 aliphatic carbocycles. The summed E-state index contributed by atoms with van der Waals surface area (Å²) in [5.74, 6) is -4.62. The van der Waals surface area contributed by atoms with Crippen molar-refractivity contribution in [1.29, 1.82) is 0 Å². The number of hydrogen-bond donors (Lipinski definition) is 4. The van der Waals surface area contributed by atoms with E-state index < -0.39 is 64.6 Å². The average Bonchev–Trinajstić information content (AvgIpc) is 3.76. The highest BCUT2D eigenvalue weighted by Gasteiger charge is 2.42. The fourth-order valence-electron chi connectivity index (χ4n) is 7.19. The van der Waals surface area contributed by atoms with Gasteiger partial charge in [-0.15, -0.1) is 0 Å². The first kappa shape index (κ1) is 59.6. The number of methoxy groups -OCH3 is 2. The van der Waals surface area contributed by atoms with Gasteiger partial charge in [0.2, 0.25) is 23.6 Å². The van der Waals surface area contributed by atoms with Crippen molar-refractivity contribution in [2.24, 2.45) is 17.6 Å². The maximum Gasteiger partial charge on any atom is 0.471 e. The molecule has 2 aromatic rings. The number of rotatable bonds is 19. The van der Waals surface area contributed by atoms with Gasteiger partial charge in [0.1, 0.15) is 0 Å². The highest BCUT2D eigenvalue weighted by atomic mass is 32.2. The van der Waals surface area contributed by atoms with Crippen molar-refractivity contribution >= 4 is 46.2 Å². The lowest BCUT2D eigenvalue weighted by molar-refractivity contribution is -0.167. The fourth-order valence-corrected chi connectivity index (χ4v) is 8.06. The minimum Gasteiger partial charge on any atom is -0.379 e. The summed E-state index contributed by atoms with van der Waals surface area (Å²) in [5.41, 5.74) is 4.89. The Hall–Kier alpha value is -4.39. The van der Waals surface area contributed by atoms with Crippen LogP contribution < -0.4 is 21.1 Å². The van der Waals surface area contributed by atoms with Crippen LogP contribution in [0, 0.1) is 11.8 Å². The van der Waals surface area contributed by atoms with Crippen LogP contribution in [0.4, 0.5) is 18.9 Å². The maximum absolute atomic E-state index is 14.0. The highest BCUT2D eigenvalue weighted by Crippen LogP contribution is 2.30. The molecule has 1 heterocycles. The minimum absolute atomic E-state index is 0.0717. The third kappa shape index (κ3) is 18.6. The van der Waals surface area contributed by atoms with Crippen molar-refractivity contribution in [3.05, 3.63) is 60.2 Å². The second-order valence-corrected chi connectivity index (χ2v) is 17.0. The number of nitrogens with zero attached hydrogens (tertiary/aromatic N) is 2. The van der Waals surface area contributed by atoms with Crippen LogP contribution in [-0.2, 0) is 49.8 Å². The number of anilines is 1. The van der Waals surface area contributed by atoms with Crippen molar-refractivity contribution in [3.63, 3.8) is 0 Å². The number of ether oxygens (including phenoxy) is 2. The Balaban J connectivity index is 0.00000535. The molecular formula is C46H75F3N6O8S. The number of likely N-dealkylation sites (tertiary alicyclic amines) is 1.